The first-order chi connectivity index (χ1) is 13.0. The molecule has 1 aromatic heterocycles. The molecule has 3 aromatic rings. The van der Waals surface area contributed by atoms with E-state index in [2.05, 4.69) is 4.99 Å². The van der Waals surface area contributed by atoms with Crippen LogP contribution in [0.4, 0.5) is 4.39 Å². The van der Waals surface area contributed by atoms with Crippen LogP contribution in [0.1, 0.15) is 17.3 Å². The molecule has 0 aliphatic carbocycles. The van der Waals surface area contributed by atoms with E-state index in [0.717, 1.165) is 11.3 Å². The lowest BCUT2D eigenvalue weighted by Gasteiger charge is -2.05. The molecule has 8 heteroatoms. The molecule has 3 rings (SSSR count). The van der Waals surface area contributed by atoms with Gasteiger partial charge in [-0.05, 0) is 43.3 Å². The fraction of sp³-hybridized carbons (Fsp3) is 0.211. The Hall–Kier alpha value is -3.00. The zero-order valence-corrected chi connectivity index (χ0v) is 15.6. The standard InChI is InChI=1S/C19H17FN2O4S/c1-3-26-16(23)11-22-17-14(20)5-4-6-15(17)27-19(22)21-18(24)12-7-9-13(25-2)10-8-12/h4-10H,3,11H2,1-2H3. The van der Waals surface area contributed by atoms with Crippen molar-refractivity contribution in [2.75, 3.05) is 13.7 Å². The Kier molecular flexibility index (Phi) is 5.66. The third kappa shape index (κ3) is 4.06. The van der Waals surface area contributed by atoms with Crippen molar-refractivity contribution < 1.29 is 23.5 Å². The maximum absolute atomic E-state index is 14.3. The number of hydrogen-bond acceptors (Lipinski definition) is 5. The van der Waals surface area contributed by atoms with Crippen molar-refractivity contribution in [3.05, 3.63) is 58.6 Å². The summed E-state index contributed by atoms with van der Waals surface area (Å²) in [6.45, 7) is 1.66. The topological polar surface area (TPSA) is 69.9 Å². The highest BCUT2D eigenvalue weighted by Crippen LogP contribution is 2.21. The molecule has 27 heavy (non-hydrogen) atoms. The highest BCUT2D eigenvalue weighted by molar-refractivity contribution is 7.16. The Balaban J connectivity index is 2.08. The van der Waals surface area contributed by atoms with Crippen molar-refractivity contribution in [1.82, 2.24) is 4.57 Å². The summed E-state index contributed by atoms with van der Waals surface area (Å²) in [6, 6.07) is 11.1. The van der Waals surface area contributed by atoms with E-state index in [9.17, 15) is 14.0 Å². The average Bonchev–Trinajstić information content (AvgIpc) is 3.00. The summed E-state index contributed by atoms with van der Waals surface area (Å²) >= 11 is 1.13. The van der Waals surface area contributed by atoms with E-state index in [0.29, 0.717) is 16.0 Å². The first kappa shape index (κ1) is 18.8. The van der Waals surface area contributed by atoms with Crippen LogP contribution in [0.15, 0.2) is 47.5 Å². The molecule has 0 spiro atoms. The number of ether oxygens (including phenoxy) is 2. The predicted molar refractivity (Wildman–Crippen MR) is 99.3 cm³/mol. The van der Waals surface area contributed by atoms with Crippen molar-refractivity contribution in [2.45, 2.75) is 13.5 Å². The summed E-state index contributed by atoms with van der Waals surface area (Å²) in [7, 11) is 1.53. The molecule has 2 aromatic carbocycles. The number of fused-ring (bicyclic) bond motifs is 1. The number of hydrogen-bond donors (Lipinski definition) is 0. The number of nitrogens with zero attached hydrogens (tertiary/aromatic N) is 2. The van der Waals surface area contributed by atoms with Gasteiger partial charge in [0.05, 0.1) is 23.9 Å². The van der Waals surface area contributed by atoms with Crippen molar-refractivity contribution >= 4 is 33.4 Å². The number of thiazole rings is 1. The summed E-state index contributed by atoms with van der Waals surface area (Å²) < 4.78 is 26.3. The lowest BCUT2D eigenvalue weighted by atomic mass is 10.2. The Labute approximate surface area is 158 Å². The van der Waals surface area contributed by atoms with E-state index in [-0.39, 0.29) is 23.5 Å². The van der Waals surface area contributed by atoms with E-state index in [1.54, 1.807) is 43.3 Å². The number of esters is 1. The number of benzene rings is 2. The van der Waals surface area contributed by atoms with Gasteiger partial charge in [-0.25, -0.2) is 4.39 Å². The van der Waals surface area contributed by atoms with E-state index in [4.69, 9.17) is 9.47 Å². The average molecular weight is 388 g/mol. The molecule has 0 aliphatic rings. The second kappa shape index (κ2) is 8.13. The van der Waals surface area contributed by atoms with Crippen LogP contribution >= 0.6 is 11.3 Å². The van der Waals surface area contributed by atoms with Gasteiger partial charge >= 0.3 is 5.97 Å². The summed E-state index contributed by atoms with van der Waals surface area (Å²) in [4.78, 5) is 28.8. The van der Waals surface area contributed by atoms with Crippen LogP contribution in [0, 0.1) is 5.82 Å². The molecule has 0 unspecified atom stereocenters. The van der Waals surface area contributed by atoms with Crippen LogP contribution in [0.5, 0.6) is 5.75 Å². The van der Waals surface area contributed by atoms with Crippen LogP contribution in [0.3, 0.4) is 0 Å². The van der Waals surface area contributed by atoms with Crippen LogP contribution in [0.2, 0.25) is 0 Å². The second-order valence-electron chi connectivity index (χ2n) is 5.51. The normalized spacial score (nSPS) is 11.6. The maximum atomic E-state index is 14.3. The summed E-state index contributed by atoms with van der Waals surface area (Å²) in [5, 5.41) is 0. The zero-order valence-electron chi connectivity index (χ0n) is 14.8. The highest BCUT2D eigenvalue weighted by Gasteiger charge is 2.15. The van der Waals surface area contributed by atoms with Gasteiger partial charge in [-0.2, -0.15) is 4.99 Å². The van der Waals surface area contributed by atoms with Crippen molar-refractivity contribution in [1.29, 1.82) is 0 Å². The van der Waals surface area contributed by atoms with Crippen LogP contribution in [-0.2, 0) is 16.1 Å². The highest BCUT2D eigenvalue weighted by atomic mass is 32.1. The first-order valence-electron chi connectivity index (χ1n) is 8.20. The van der Waals surface area contributed by atoms with E-state index >= 15 is 0 Å². The van der Waals surface area contributed by atoms with Gasteiger partial charge in [0.2, 0.25) is 0 Å². The number of aromatic nitrogens is 1. The number of rotatable bonds is 5. The van der Waals surface area contributed by atoms with Crippen molar-refractivity contribution in [2.24, 2.45) is 4.99 Å². The number of carbonyl (C=O) groups excluding carboxylic acids is 2. The minimum atomic E-state index is -0.529. The fourth-order valence-corrected chi connectivity index (χ4v) is 3.58. The summed E-state index contributed by atoms with van der Waals surface area (Å²) in [5.41, 5.74) is 0.577. The van der Waals surface area contributed by atoms with Crippen LogP contribution in [0.25, 0.3) is 10.2 Å². The monoisotopic (exact) mass is 388 g/mol. The summed E-state index contributed by atoms with van der Waals surface area (Å²) in [6.07, 6.45) is 0. The van der Waals surface area contributed by atoms with E-state index in [1.165, 1.54) is 17.7 Å². The molecule has 0 N–H and O–H groups in total. The number of amides is 1. The number of methoxy groups -OCH3 is 1. The minimum Gasteiger partial charge on any atom is -0.497 e. The second-order valence-corrected chi connectivity index (χ2v) is 6.52. The number of halogens is 1. The van der Waals surface area contributed by atoms with Gasteiger partial charge in [0.15, 0.2) is 4.80 Å². The third-order valence-electron chi connectivity index (χ3n) is 3.78. The van der Waals surface area contributed by atoms with Crippen molar-refractivity contribution in [3.8, 4) is 5.75 Å². The molecular weight excluding hydrogens is 371 g/mol. The molecule has 1 heterocycles. The molecule has 0 bridgehead atoms. The molecule has 0 atom stereocenters. The smallest absolute Gasteiger partial charge is 0.326 e. The molecular formula is C19H17FN2O4S. The van der Waals surface area contributed by atoms with Crippen molar-refractivity contribution in [3.63, 3.8) is 0 Å². The molecule has 0 fully saturated rings. The lowest BCUT2D eigenvalue weighted by Crippen LogP contribution is -2.23. The zero-order chi connectivity index (χ0) is 19.4. The Morgan fingerprint density at radius 1 is 1.19 bits per heavy atom. The van der Waals surface area contributed by atoms with E-state index in [1.807, 2.05) is 0 Å². The lowest BCUT2D eigenvalue weighted by molar-refractivity contribution is -0.143. The van der Waals surface area contributed by atoms with Gasteiger partial charge in [-0.15, -0.1) is 0 Å². The Morgan fingerprint density at radius 2 is 1.93 bits per heavy atom. The molecule has 0 saturated heterocycles. The van der Waals surface area contributed by atoms with Gasteiger partial charge in [0.1, 0.15) is 18.1 Å². The SMILES string of the molecule is CCOC(=O)Cn1c(=NC(=O)c2ccc(OC)cc2)sc2cccc(F)c21. The van der Waals surface area contributed by atoms with Gasteiger partial charge in [-0.3, -0.25) is 9.59 Å². The maximum Gasteiger partial charge on any atom is 0.326 e. The van der Waals surface area contributed by atoms with Gasteiger partial charge in [-0.1, -0.05) is 17.4 Å². The third-order valence-corrected chi connectivity index (χ3v) is 4.82. The summed E-state index contributed by atoms with van der Waals surface area (Å²) in [5.74, 6) is -0.903. The molecule has 140 valence electrons. The fourth-order valence-electron chi connectivity index (χ4n) is 2.54. The Bertz CT molecular complexity index is 1050. The van der Waals surface area contributed by atoms with Gasteiger partial charge < -0.3 is 14.0 Å². The minimum absolute atomic E-state index is 0.210. The van der Waals surface area contributed by atoms with E-state index < -0.39 is 17.7 Å². The molecule has 0 radical (unpaired) electrons. The predicted octanol–water partition coefficient (Wildman–Crippen LogP) is 3.15. The molecule has 0 saturated carbocycles. The van der Waals surface area contributed by atoms with Crippen LogP contribution in [-0.4, -0.2) is 30.2 Å². The number of para-hydroxylation sites is 1. The first-order valence-corrected chi connectivity index (χ1v) is 9.01. The van der Waals surface area contributed by atoms with Crippen LogP contribution < -0.4 is 9.54 Å². The molecule has 1 amide bonds. The Morgan fingerprint density at radius 3 is 2.59 bits per heavy atom. The van der Waals surface area contributed by atoms with Gasteiger partial charge in [0, 0.05) is 5.56 Å². The number of carbonyl (C=O) groups is 2. The van der Waals surface area contributed by atoms with Gasteiger partial charge in [0.25, 0.3) is 5.91 Å². The quantitative estimate of drug-likeness (QED) is 0.630. The molecule has 6 nitrogen and oxygen atoms in total. The molecule has 0 aliphatic heterocycles. The largest absolute Gasteiger partial charge is 0.497 e.